The molecular formula is C28H48N4O2. The van der Waals surface area contributed by atoms with Crippen LogP contribution in [0.5, 0.6) is 0 Å². The number of likely N-dealkylation sites (tertiary alicyclic amines) is 1. The number of hydrogen-bond acceptors (Lipinski definition) is 4. The number of piperidine rings is 1. The van der Waals surface area contributed by atoms with E-state index >= 15 is 0 Å². The molecule has 192 valence electrons. The largest absolute Gasteiger partial charge is 0.385 e. The summed E-state index contributed by atoms with van der Waals surface area (Å²) >= 11 is 0. The Hall–Kier alpha value is -2.24. The van der Waals surface area contributed by atoms with Gasteiger partial charge in [0, 0.05) is 56.4 Å². The monoisotopic (exact) mass is 472 g/mol. The van der Waals surface area contributed by atoms with E-state index in [9.17, 15) is 9.59 Å². The normalized spacial score (nSPS) is 15.9. The van der Waals surface area contributed by atoms with Crippen molar-refractivity contribution in [2.75, 3.05) is 36.4 Å². The van der Waals surface area contributed by atoms with E-state index in [1.54, 1.807) is 0 Å². The highest BCUT2D eigenvalue weighted by Gasteiger charge is 2.28. The van der Waals surface area contributed by atoms with Crippen molar-refractivity contribution in [2.24, 2.45) is 23.0 Å². The minimum absolute atomic E-state index is 0.000728. The Labute approximate surface area is 207 Å². The molecule has 0 aromatic heterocycles. The highest BCUT2D eigenvalue weighted by molar-refractivity contribution is 5.78. The van der Waals surface area contributed by atoms with E-state index in [1.165, 1.54) is 11.4 Å². The van der Waals surface area contributed by atoms with Crippen molar-refractivity contribution in [1.29, 1.82) is 0 Å². The first-order valence-corrected chi connectivity index (χ1v) is 13.1. The maximum Gasteiger partial charge on any atom is 0.222 e. The number of rotatable bonds is 12. The van der Waals surface area contributed by atoms with E-state index in [0.29, 0.717) is 23.8 Å². The molecule has 34 heavy (non-hydrogen) atoms. The van der Waals surface area contributed by atoms with Crippen LogP contribution in [0.25, 0.3) is 0 Å². The first-order valence-electron chi connectivity index (χ1n) is 13.1. The molecule has 0 saturated carbocycles. The average Bonchev–Trinajstić information content (AvgIpc) is 2.73. The van der Waals surface area contributed by atoms with Crippen LogP contribution in [0.15, 0.2) is 24.3 Å². The highest BCUT2D eigenvalue weighted by Crippen LogP contribution is 2.27. The Morgan fingerprint density at radius 3 is 2.24 bits per heavy atom. The quantitative estimate of drug-likeness (QED) is 0.434. The Morgan fingerprint density at radius 2 is 1.71 bits per heavy atom. The first kappa shape index (κ1) is 28.0. The molecule has 0 spiro atoms. The van der Waals surface area contributed by atoms with E-state index in [4.69, 9.17) is 5.73 Å². The van der Waals surface area contributed by atoms with Gasteiger partial charge >= 0.3 is 0 Å². The van der Waals surface area contributed by atoms with E-state index < -0.39 is 0 Å². The Balaban J connectivity index is 1.97. The number of carbonyl (C=O) groups is 2. The van der Waals surface area contributed by atoms with Gasteiger partial charge < -0.3 is 20.9 Å². The Kier molecular flexibility index (Phi) is 10.7. The lowest BCUT2D eigenvalue weighted by Gasteiger charge is -2.40. The topological polar surface area (TPSA) is 78.7 Å². The fraction of sp³-hybridized carbons (Fsp3) is 0.714. The van der Waals surface area contributed by atoms with E-state index in [2.05, 4.69) is 69.1 Å². The summed E-state index contributed by atoms with van der Waals surface area (Å²) in [6.07, 6.45) is 4.89. The van der Waals surface area contributed by atoms with Crippen LogP contribution in [0.4, 0.5) is 11.4 Å². The standard InChI is InChI=1S/C28H48N4O2/c1-21(2)11-18-32(24-9-7-23(8-10-24)30-15-14-28(4,5)6)25-12-16-31(17-13-25)27(34)20-22(3)19-26(29)33/h7-10,21-22,25,30H,11-20H2,1-6H3,(H2,29,33). The summed E-state index contributed by atoms with van der Waals surface area (Å²) in [6, 6.07) is 9.30. The van der Waals surface area contributed by atoms with Crippen LogP contribution in [-0.2, 0) is 9.59 Å². The van der Waals surface area contributed by atoms with Gasteiger partial charge in [0.2, 0.25) is 11.8 Å². The zero-order valence-corrected chi connectivity index (χ0v) is 22.4. The van der Waals surface area contributed by atoms with Crippen molar-refractivity contribution in [2.45, 2.75) is 86.1 Å². The number of amides is 2. The molecule has 1 aliphatic heterocycles. The lowest BCUT2D eigenvalue weighted by molar-refractivity contribution is -0.133. The maximum absolute atomic E-state index is 12.7. The molecule has 1 atom stereocenters. The summed E-state index contributed by atoms with van der Waals surface area (Å²) in [5.74, 6) is 0.455. The zero-order valence-electron chi connectivity index (χ0n) is 22.4. The van der Waals surface area contributed by atoms with Gasteiger partial charge in [-0.2, -0.15) is 0 Å². The molecule has 1 saturated heterocycles. The molecule has 6 heteroatoms. The predicted octanol–water partition coefficient (Wildman–Crippen LogP) is 5.28. The van der Waals surface area contributed by atoms with Crippen LogP contribution in [0, 0.1) is 17.3 Å². The summed E-state index contributed by atoms with van der Waals surface area (Å²) in [5, 5.41) is 3.55. The number of nitrogens with zero attached hydrogens (tertiary/aromatic N) is 2. The van der Waals surface area contributed by atoms with Crippen molar-refractivity contribution < 1.29 is 9.59 Å². The van der Waals surface area contributed by atoms with Crippen molar-refractivity contribution in [3.63, 3.8) is 0 Å². The Morgan fingerprint density at radius 1 is 1.09 bits per heavy atom. The third-order valence-electron chi connectivity index (χ3n) is 6.68. The van der Waals surface area contributed by atoms with Gasteiger partial charge in [0.05, 0.1) is 0 Å². The summed E-state index contributed by atoms with van der Waals surface area (Å²) in [4.78, 5) is 28.3. The molecule has 1 aliphatic rings. The van der Waals surface area contributed by atoms with Crippen LogP contribution in [0.3, 0.4) is 0 Å². The van der Waals surface area contributed by atoms with Crippen molar-refractivity contribution in [1.82, 2.24) is 4.90 Å². The fourth-order valence-electron chi connectivity index (χ4n) is 4.54. The number of carbonyl (C=O) groups excluding carboxylic acids is 2. The molecular weight excluding hydrogens is 424 g/mol. The number of nitrogens with one attached hydrogen (secondary N) is 1. The highest BCUT2D eigenvalue weighted by atomic mass is 16.2. The number of anilines is 2. The zero-order chi connectivity index (χ0) is 25.3. The van der Waals surface area contributed by atoms with Gasteiger partial charge in [-0.1, -0.05) is 41.5 Å². The molecule has 1 aromatic carbocycles. The van der Waals surface area contributed by atoms with Crippen LogP contribution < -0.4 is 16.0 Å². The second-order valence-electron chi connectivity index (χ2n) is 11.8. The summed E-state index contributed by atoms with van der Waals surface area (Å²) in [7, 11) is 0. The molecule has 1 heterocycles. The van der Waals surface area contributed by atoms with Gasteiger partial charge in [0.25, 0.3) is 0 Å². The van der Waals surface area contributed by atoms with Gasteiger partial charge in [-0.15, -0.1) is 0 Å². The second-order valence-corrected chi connectivity index (χ2v) is 11.8. The SMILES string of the molecule is CC(C)CCN(c1ccc(NCCC(C)(C)C)cc1)C1CCN(C(=O)CC(C)CC(N)=O)CC1. The fourth-order valence-corrected chi connectivity index (χ4v) is 4.54. The van der Waals surface area contributed by atoms with Crippen molar-refractivity contribution >= 4 is 23.2 Å². The maximum atomic E-state index is 12.7. The minimum Gasteiger partial charge on any atom is -0.385 e. The lowest BCUT2D eigenvalue weighted by atomic mass is 9.92. The predicted molar refractivity (Wildman–Crippen MR) is 143 cm³/mol. The van der Waals surface area contributed by atoms with Gasteiger partial charge in [0.1, 0.15) is 0 Å². The minimum atomic E-state index is -0.338. The molecule has 0 radical (unpaired) electrons. The molecule has 2 amide bonds. The molecule has 1 aromatic rings. The van der Waals surface area contributed by atoms with Crippen molar-refractivity contribution in [3.05, 3.63) is 24.3 Å². The number of primary amides is 1. The molecule has 3 N–H and O–H groups in total. The van der Waals surface area contributed by atoms with Gasteiger partial charge in [-0.3, -0.25) is 9.59 Å². The number of hydrogen-bond donors (Lipinski definition) is 2. The van der Waals surface area contributed by atoms with Gasteiger partial charge in [0.15, 0.2) is 0 Å². The third kappa shape index (κ3) is 9.94. The number of benzene rings is 1. The number of nitrogens with two attached hydrogens (primary N) is 1. The summed E-state index contributed by atoms with van der Waals surface area (Å²) in [5.41, 5.74) is 8.05. The molecule has 6 nitrogen and oxygen atoms in total. The summed E-state index contributed by atoms with van der Waals surface area (Å²) in [6.45, 7) is 16.8. The van der Waals surface area contributed by atoms with E-state index in [0.717, 1.165) is 51.9 Å². The lowest BCUT2D eigenvalue weighted by Crippen LogP contribution is -2.47. The summed E-state index contributed by atoms with van der Waals surface area (Å²) < 4.78 is 0. The second kappa shape index (κ2) is 13.0. The van der Waals surface area contributed by atoms with E-state index in [-0.39, 0.29) is 24.2 Å². The Bertz CT molecular complexity index is 762. The van der Waals surface area contributed by atoms with Crippen LogP contribution in [-0.4, -0.2) is 48.9 Å². The molecule has 1 fully saturated rings. The average molecular weight is 473 g/mol. The molecule has 1 unspecified atom stereocenters. The van der Waals surface area contributed by atoms with Crippen molar-refractivity contribution in [3.8, 4) is 0 Å². The molecule has 0 aliphatic carbocycles. The van der Waals surface area contributed by atoms with Crippen LogP contribution >= 0.6 is 0 Å². The van der Waals surface area contributed by atoms with Gasteiger partial charge in [-0.05, 0) is 67.2 Å². The first-order chi connectivity index (χ1) is 15.9. The van der Waals surface area contributed by atoms with Gasteiger partial charge in [-0.25, -0.2) is 0 Å². The van der Waals surface area contributed by atoms with Crippen LogP contribution in [0.1, 0.15) is 80.1 Å². The molecule has 2 rings (SSSR count). The smallest absolute Gasteiger partial charge is 0.222 e. The third-order valence-corrected chi connectivity index (χ3v) is 6.68. The van der Waals surface area contributed by atoms with E-state index in [1.807, 2.05) is 11.8 Å². The van der Waals surface area contributed by atoms with Crippen LogP contribution in [0.2, 0.25) is 0 Å². The molecule has 0 bridgehead atoms.